The predicted molar refractivity (Wildman–Crippen MR) is 40.4 cm³/mol. The summed E-state index contributed by atoms with van der Waals surface area (Å²) in [6.45, 7) is 0.499. The Hall–Kier alpha value is -1.04. The van der Waals surface area contributed by atoms with E-state index in [9.17, 15) is 18.4 Å². The zero-order valence-electron chi connectivity index (χ0n) is 7.04. The van der Waals surface area contributed by atoms with Crippen molar-refractivity contribution in [1.29, 1.82) is 0 Å². The molecule has 0 aromatic rings. The summed E-state index contributed by atoms with van der Waals surface area (Å²) < 4.78 is 24.4. The Kier molecular flexibility index (Phi) is 4.47. The number of carboxylic acid groups (broad SMARTS) is 1. The third-order valence-corrected chi connectivity index (χ3v) is 1.77. The van der Waals surface area contributed by atoms with E-state index in [0.29, 0.717) is 0 Å². The van der Waals surface area contributed by atoms with Crippen molar-refractivity contribution in [1.82, 2.24) is 0 Å². The summed E-state index contributed by atoms with van der Waals surface area (Å²) in [6.07, 6.45) is -2.98. The summed E-state index contributed by atoms with van der Waals surface area (Å²) in [4.78, 5) is 21.2. The number of alkyl halides is 2. The van der Waals surface area contributed by atoms with E-state index in [2.05, 4.69) is 0 Å². The highest BCUT2D eigenvalue weighted by molar-refractivity contribution is 5.87. The molecule has 0 rings (SSSR count). The first-order valence-electron chi connectivity index (χ1n) is 3.65. The molecule has 0 spiro atoms. The highest BCUT2D eigenvalue weighted by Gasteiger charge is 2.36. The maximum absolute atomic E-state index is 12.2. The van der Waals surface area contributed by atoms with Crippen molar-refractivity contribution in [2.45, 2.75) is 13.3 Å². The van der Waals surface area contributed by atoms with Crippen molar-refractivity contribution in [2.75, 3.05) is 6.54 Å². The van der Waals surface area contributed by atoms with Gasteiger partial charge in [0, 0.05) is 0 Å². The minimum Gasteiger partial charge on any atom is -0.481 e. The van der Waals surface area contributed by atoms with E-state index in [1.165, 1.54) is 0 Å². The summed E-state index contributed by atoms with van der Waals surface area (Å²) in [5, 5.41) is 8.42. The molecule has 0 bridgehead atoms. The van der Waals surface area contributed by atoms with Gasteiger partial charge in [-0.1, -0.05) is 6.92 Å². The van der Waals surface area contributed by atoms with Gasteiger partial charge in [0.15, 0.2) is 5.78 Å². The second-order valence-corrected chi connectivity index (χ2v) is 2.66. The second kappa shape index (κ2) is 4.86. The second-order valence-electron chi connectivity index (χ2n) is 2.66. The Labute approximate surface area is 73.7 Å². The molecule has 0 radical (unpaired) electrons. The van der Waals surface area contributed by atoms with Gasteiger partial charge in [0.05, 0.1) is 18.4 Å². The molecule has 0 amide bonds. The van der Waals surface area contributed by atoms with Gasteiger partial charge in [0.1, 0.15) is 0 Å². The van der Waals surface area contributed by atoms with Crippen molar-refractivity contribution in [3.63, 3.8) is 0 Å². The molecule has 0 saturated carbocycles. The molecular weight excluding hydrogens is 184 g/mol. The molecule has 0 aromatic heterocycles. The largest absolute Gasteiger partial charge is 0.481 e. The third kappa shape index (κ3) is 3.06. The van der Waals surface area contributed by atoms with Gasteiger partial charge in [0.2, 0.25) is 6.43 Å². The quantitative estimate of drug-likeness (QED) is 0.652. The first kappa shape index (κ1) is 12.0. The molecule has 2 atom stereocenters. The SMILES string of the molecule is CC(C(=O)O)C(C(=O)CN)C(F)F. The number of Topliss-reactive ketones (excluding diaryl/α,β-unsaturated/α-hetero) is 1. The zero-order valence-corrected chi connectivity index (χ0v) is 7.04. The minimum absolute atomic E-state index is 0.563. The summed E-state index contributed by atoms with van der Waals surface area (Å²) in [6, 6.07) is 0. The standard InChI is InChI=1S/C7H11F2NO3/c1-3(7(12)13)5(6(8)9)4(11)2-10/h3,5-6H,2,10H2,1H3,(H,12,13). The molecule has 0 aliphatic heterocycles. The van der Waals surface area contributed by atoms with Crippen molar-refractivity contribution >= 4 is 11.8 Å². The van der Waals surface area contributed by atoms with E-state index < -0.39 is 36.6 Å². The fraction of sp³-hybridized carbons (Fsp3) is 0.714. The van der Waals surface area contributed by atoms with Crippen LogP contribution in [0.15, 0.2) is 0 Å². The smallest absolute Gasteiger partial charge is 0.307 e. The lowest BCUT2D eigenvalue weighted by molar-refractivity contribution is -0.149. The van der Waals surface area contributed by atoms with Crippen LogP contribution in [0.2, 0.25) is 0 Å². The van der Waals surface area contributed by atoms with E-state index in [1.807, 2.05) is 0 Å². The number of hydrogen-bond acceptors (Lipinski definition) is 3. The van der Waals surface area contributed by atoms with Crippen LogP contribution in [0.3, 0.4) is 0 Å². The zero-order chi connectivity index (χ0) is 10.6. The van der Waals surface area contributed by atoms with Crippen LogP contribution in [0.5, 0.6) is 0 Å². The monoisotopic (exact) mass is 195 g/mol. The number of carbonyl (C=O) groups is 2. The molecule has 2 unspecified atom stereocenters. The van der Waals surface area contributed by atoms with Crippen molar-refractivity contribution in [3.8, 4) is 0 Å². The maximum Gasteiger partial charge on any atom is 0.307 e. The lowest BCUT2D eigenvalue weighted by atomic mass is 9.90. The Bertz CT molecular complexity index is 208. The molecule has 13 heavy (non-hydrogen) atoms. The van der Waals surface area contributed by atoms with Crippen LogP contribution in [0.4, 0.5) is 8.78 Å². The summed E-state index contributed by atoms with van der Waals surface area (Å²) in [5.41, 5.74) is 4.87. The van der Waals surface area contributed by atoms with Crippen molar-refractivity contribution < 1.29 is 23.5 Å². The molecule has 0 fully saturated rings. The van der Waals surface area contributed by atoms with Crippen LogP contribution in [0.1, 0.15) is 6.92 Å². The summed E-state index contributed by atoms with van der Waals surface area (Å²) in [7, 11) is 0. The highest BCUT2D eigenvalue weighted by Crippen LogP contribution is 2.20. The molecule has 0 saturated heterocycles. The molecular formula is C7H11F2NO3. The molecule has 6 heteroatoms. The first-order chi connectivity index (χ1) is 5.91. The van der Waals surface area contributed by atoms with E-state index >= 15 is 0 Å². The fourth-order valence-electron chi connectivity index (χ4n) is 0.927. The average Bonchev–Trinajstić information content (AvgIpc) is 2.03. The molecule has 0 heterocycles. The number of nitrogens with two attached hydrogens (primary N) is 1. The van der Waals surface area contributed by atoms with E-state index in [1.54, 1.807) is 0 Å². The summed E-state index contributed by atoms with van der Waals surface area (Å²) in [5.74, 6) is -5.56. The Morgan fingerprint density at radius 3 is 2.15 bits per heavy atom. The van der Waals surface area contributed by atoms with Crippen LogP contribution in [0, 0.1) is 11.8 Å². The van der Waals surface area contributed by atoms with Gasteiger partial charge in [0.25, 0.3) is 0 Å². The molecule has 4 nitrogen and oxygen atoms in total. The predicted octanol–water partition coefficient (Wildman–Crippen LogP) is 0.116. The number of rotatable bonds is 5. The summed E-state index contributed by atoms with van der Waals surface area (Å²) >= 11 is 0. The Morgan fingerprint density at radius 2 is 1.92 bits per heavy atom. The number of aliphatic carboxylic acids is 1. The topological polar surface area (TPSA) is 80.4 Å². The number of carboxylic acids is 1. The molecule has 0 aromatic carbocycles. The van der Waals surface area contributed by atoms with Gasteiger partial charge in [-0.2, -0.15) is 0 Å². The van der Waals surface area contributed by atoms with E-state index in [4.69, 9.17) is 10.8 Å². The van der Waals surface area contributed by atoms with Gasteiger partial charge >= 0.3 is 5.97 Å². The van der Waals surface area contributed by atoms with Crippen LogP contribution in [0.25, 0.3) is 0 Å². The highest BCUT2D eigenvalue weighted by atomic mass is 19.3. The molecule has 76 valence electrons. The van der Waals surface area contributed by atoms with E-state index in [-0.39, 0.29) is 0 Å². The van der Waals surface area contributed by atoms with Crippen LogP contribution < -0.4 is 5.73 Å². The number of halogens is 2. The van der Waals surface area contributed by atoms with Gasteiger partial charge in [-0.05, 0) is 0 Å². The normalized spacial score (nSPS) is 15.5. The molecule has 0 aliphatic rings. The number of hydrogen-bond donors (Lipinski definition) is 2. The van der Waals surface area contributed by atoms with Crippen LogP contribution in [-0.4, -0.2) is 29.8 Å². The van der Waals surface area contributed by atoms with Crippen molar-refractivity contribution in [3.05, 3.63) is 0 Å². The average molecular weight is 195 g/mol. The maximum atomic E-state index is 12.2. The number of carbonyl (C=O) groups excluding carboxylic acids is 1. The molecule has 0 aliphatic carbocycles. The lowest BCUT2D eigenvalue weighted by Crippen LogP contribution is -2.36. The van der Waals surface area contributed by atoms with Gasteiger partial charge in [-0.25, -0.2) is 8.78 Å². The minimum atomic E-state index is -2.98. The van der Waals surface area contributed by atoms with Gasteiger partial charge < -0.3 is 10.8 Å². The Morgan fingerprint density at radius 1 is 1.46 bits per heavy atom. The fourth-order valence-corrected chi connectivity index (χ4v) is 0.927. The first-order valence-corrected chi connectivity index (χ1v) is 3.65. The van der Waals surface area contributed by atoms with Gasteiger partial charge in [-0.15, -0.1) is 0 Å². The van der Waals surface area contributed by atoms with E-state index in [0.717, 1.165) is 6.92 Å². The van der Waals surface area contributed by atoms with Crippen molar-refractivity contribution in [2.24, 2.45) is 17.6 Å². The lowest BCUT2D eigenvalue weighted by Gasteiger charge is -2.17. The number of ketones is 1. The Balaban J connectivity index is 4.60. The third-order valence-electron chi connectivity index (χ3n) is 1.77. The molecule has 3 N–H and O–H groups in total. The van der Waals surface area contributed by atoms with Crippen LogP contribution in [-0.2, 0) is 9.59 Å². The van der Waals surface area contributed by atoms with Crippen LogP contribution >= 0.6 is 0 Å². The van der Waals surface area contributed by atoms with Gasteiger partial charge in [-0.3, -0.25) is 9.59 Å².